The summed E-state index contributed by atoms with van der Waals surface area (Å²) in [5.74, 6) is -1.12. The molecule has 182 valence electrons. The van der Waals surface area contributed by atoms with Gasteiger partial charge in [0, 0.05) is 19.4 Å². The van der Waals surface area contributed by atoms with Gasteiger partial charge in [0.1, 0.15) is 24.5 Å². The molecule has 2 heterocycles. The number of carbonyl (C=O) groups excluding carboxylic acids is 1. The molecule has 0 spiro atoms. The number of unbranched alkanes of at least 4 members (excludes halogenated alkanes) is 10. The van der Waals surface area contributed by atoms with Crippen molar-refractivity contribution >= 4 is 11.9 Å². The molecule has 7 nitrogen and oxygen atoms in total. The van der Waals surface area contributed by atoms with Gasteiger partial charge in [-0.1, -0.05) is 58.3 Å². The van der Waals surface area contributed by atoms with Crippen LogP contribution < -0.4 is 9.88 Å². The number of carboxylic acids is 1. The number of hydrogen-bond donors (Lipinski definition) is 2. The lowest BCUT2D eigenvalue weighted by molar-refractivity contribution is -0.696. The molecule has 2 N–H and O–H groups in total. The van der Waals surface area contributed by atoms with E-state index in [1.165, 1.54) is 64.2 Å². The van der Waals surface area contributed by atoms with Crippen LogP contribution in [-0.4, -0.2) is 40.3 Å². The predicted molar refractivity (Wildman–Crippen MR) is 124 cm³/mol. The van der Waals surface area contributed by atoms with Crippen molar-refractivity contribution in [2.24, 2.45) is 0 Å². The lowest BCUT2D eigenvalue weighted by atomic mass is 10.1. The second kappa shape index (κ2) is 15.8. The number of nitrogens with one attached hydrogen (secondary N) is 1. The third-order valence-corrected chi connectivity index (χ3v) is 6.25. The van der Waals surface area contributed by atoms with Gasteiger partial charge >= 0.3 is 11.9 Å². The zero-order chi connectivity index (χ0) is 23.0. The van der Waals surface area contributed by atoms with Crippen LogP contribution in [0, 0.1) is 0 Å². The molecule has 1 saturated heterocycles. The maximum absolute atomic E-state index is 12.0. The van der Waals surface area contributed by atoms with Crippen molar-refractivity contribution in [2.45, 2.75) is 122 Å². The molecule has 1 aromatic heterocycles. The van der Waals surface area contributed by atoms with E-state index in [1.807, 2.05) is 0 Å². The number of carboxylic acid groups (broad SMARTS) is 1. The quantitative estimate of drug-likeness (QED) is 0.199. The molecule has 0 aromatic carbocycles. The standard InChI is InChI=1S/C25H43N3O4/c1-2-3-4-5-6-7-8-9-10-12-15-27-17-18-28(21-27)16-13-11-14-24(29)32-22-19-23(25(30)31)26-20-22/h17-18,21-23,26H,2-16,19-20H2,1H3/p+1/t22-,23+/m1/s1. The number of rotatable bonds is 18. The van der Waals surface area contributed by atoms with E-state index in [1.54, 1.807) is 0 Å². The lowest BCUT2D eigenvalue weighted by Gasteiger charge is -2.10. The van der Waals surface area contributed by atoms with E-state index in [9.17, 15) is 9.59 Å². The minimum absolute atomic E-state index is 0.230. The van der Waals surface area contributed by atoms with Gasteiger partial charge in [-0.05, 0) is 25.7 Å². The zero-order valence-corrected chi connectivity index (χ0v) is 20.0. The van der Waals surface area contributed by atoms with Crippen LogP contribution in [0.2, 0.25) is 0 Å². The Morgan fingerprint density at radius 2 is 1.72 bits per heavy atom. The van der Waals surface area contributed by atoms with Crippen molar-refractivity contribution in [3.05, 3.63) is 18.7 Å². The van der Waals surface area contributed by atoms with E-state index in [4.69, 9.17) is 9.84 Å². The highest BCUT2D eigenvalue weighted by molar-refractivity contribution is 5.74. The van der Waals surface area contributed by atoms with Gasteiger partial charge in [-0.2, -0.15) is 0 Å². The van der Waals surface area contributed by atoms with Crippen LogP contribution >= 0.6 is 0 Å². The zero-order valence-electron chi connectivity index (χ0n) is 20.0. The average Bonchev–Trinajstić information content (AvgIpc) is 3.42. The topological polar surface area (TPSA) is 84.4 Å². The van der Waals surface area contributed by atoms with Gasteiger partial charge in [-0.15, -0.1) is 0 Å². The van der Waals surface area contributed by atoms with E-state index in [2.05, 4.69) is 40.1 Å². The van der Waals surface area contributed by atoms with E-state index < -0.39 is 12.0 Å². The minimum Gasteiger partial charge on any atom is -0.480 e. The number of aromatic nitrogens is 2. The fourth-order valence-electron chi connectivity index (χ4n) is 4.27. The smallest absolute Gasteiger partial charge is 0.320 e. The third-order valence-electron chi connectivity index (χ3n) is 6.25. The molecule has 1 aliphatic rings. The van der Waals surface area contributed by atoms with Crippen molar-refractivity contribution in [3.8, 4) is 0 Å². The van der Waals surface area contributed by atoms with Crippen LogP contribution in [0.5, 0.6) is 0 Å². The summed E-state index contributed by atoms with van der Waals surface area (Å²) < 4.78 is 9.81. The van der Waals surface area contributed by atoms with Gasteiger partial charge < -0.3 is 15.2 Å². The second-order valence-corrected chi connectivity index (χ2v) is 9.17. The Labute approximate surface area is 193 Å². The average molecular weight is 451 g/mol. The Bertz CT molecular complexity index is 661. The van der Waals surface area contributed by atoms with E-state index in [-0.39, 0.29) is 12.1 Å². The summed E-state index contributed by atoms with van der Waals surface area (Å²) in [7, 11) is 0. The molecule has 0 saturated carbocycles. The third kappa shape index (κ3) is 11.1. The molecule has 32 heavy (non-hydrogen) atoms. The van der Waals surface area contributed by atoms with Crippen molar-refractivity contribution in [3.63, 3.8) is 0 Å². The number of carbonyl (C=O) groups is 2. The first kappa shape index (κ1) is 26.4. The van der Waals surface area contributed by atoms with Crippen LogP contribution in [0.1, 0.15) is 96.8 Å². The number of esters is 1. The summed E-state index contributed by atoms with van der Waals surface area (Å²) in [6.45, 7) is 4.65. The molecule has 2 atom stereocenters. The van der Waals surface area contributed by atoms with Crippen LogP contribution in [0.15, 0.2) is 18.7 Å². The molecule has 0 amide bonds. The van der Waals surface area contributed by atoms with Crippen molar-refractivity contribution in [2.75, 3.05) is 6.54 Å². The lowest BCUT2D eigenvalue weighted by Crippen LogP contribution is -2.30. The number of aliphatic carboxylic acids is 1. The Hall–Kier alpha value is -1.89. The maximum atomic E-state index is 12.0. The van der Waals surface area contributed by atoms with E-state index in [0.717, 1.165) is 25.9 Å². The van der Waals surface area contributed by atoms with Gasteiger partial charge in [-0.25, -0.2) is 9.13 Å². The van der Waals surface area contributed by atoms with Crippen molar-refractivity contribution in [1.29, 1.82) is 0 Å². The molecule has 1 aromatic rings. The van der Waals surface area contributed by atoms with Crippen LogP contribution in [0.25, 0.3) is 0 Å². The minimum atomic E-state index is -0.888. The fraction of sp³-hybridized carbons (Fsp3) is 0.800. The number of ether oxygens (including phenoxy) is 1. The molecule has 1 fully saturated rings. The highest BCUT2D eigenvalue weighted by atomic mass is 16.5. The molecule has 0 bridgehead atoms. The van der Waals surface area contributed by atoms with Crippen molar-refractivity contribution in [1.82, 2.24) is 9.88 Å². The first-order valence-electron chi connectivity index (χ1n) is 12.8. The molecular formula is C25H44N3O4+. The molecule has 0 radical (unpaired) electrons. The Morgan fingerprint density at radius 3 is 2.38 bits per heavy atom. The molecule has 7 heteroatoms. The summed E-state index contributed by atoms with van der Waals surface area (Å²) in [6.07, 6.45) is 22.1. The van der Waals surface area contributed by atoms with Crippen LogP contribution in [0.4, 0.5) is 0 Å². The highest BCUT2D eigenvalue weighted by Gasteiger charge is 2.31. The predicted octanol–water partition coefficient (Wildman–Crippen LogP) is 4.23. The molecule has 2 rings (SSSR count). The molecule has 0 aliphatic carbocycles. The highest BCUT2D eigenvalue weighted by Crippen LogP contribution is 2.13. The summed E-state index contributed by atoms with van der Waals surface area (Å²) in [5.41, 5.74) is 0. The monoisotopic (exact) mass is 450 g/mol. The van der Waals surface area contributed by atoms with Gasteiger partial charge in [0.15, 0.2) is 0 Å². The van der Waals surface area contributed by atoms with E-state index >= 15 is 0 Å². The SMILES string of the molecule is CCCCCCCCCCCC[n+]1ccn(CCCCC(=O)O[C@H]2CN[C@H](C(=O)O)C2)c1. The summed E-state index contributed by atoms with van der Waals surface area (Å²) in [5, 5.41) is 11.8. The number of aryl methyl sites for hydroxylation is 2. The summed E-state index contributed by atoms with van der Waals surface area (Å²) >= 11 is 0. The van der Waals surface area contributed by atoms with Crippen LogP contribution in [0.3, 0.4) is 0 Å². The normalized spacial score (nSPS) is 18.2. The van der Waals surface area contributed by atoms with E-state index in [0.29, 0.717) is 19.4 Å². The number of nitrogens with zero attached hydrogens (tertiary/aromatic N) is 2. The summed E-state index contributed by atoms with van der Waals surface area (Å²) in [4.78, 5) is 22.9. The number of hydrogen-bond acceptors (Lipinski definition) is 4. The molecule has 0 unspecified atom stereocenters. The Morgan fingerprint density at radius 1 is 1.03 bits per heavy atom. The first-order chi connectivity index (χ1) is 15.6. The summed E-state index contributed by atoms with van der Waals surface area (Å²) in [6, 6.07) is -0.603. The molecular weight excluding hydrogens is 406 g/mol. The molecule has 1 aliphatic heterocycles. The van der Waals surface area contributed by atoms with Crippen LogP contribution in [-0.2, 0) is 27.4 Å². The van der Waals surface area contributed by atoms with Gasteiger partial charge in [0.2, 0.25) is 6.33 Å². The second-order valence-electron chi connectivity index (χ2n) is 9.17. The van der Waals surface area contributed by atoms with Gasteiger partial charge in [-0.3, -0.25) is 9.59 Å². The van der Waals surface area contributed by atoms with Crippen molar-refractivity contribution < 1.29 is 24.0 Å². The largest absolute Gasteiger partial charge is 0.480 e. The maximum Gasteiger partial charge on any atom is 0.320 e. The first-order valence-corrected chi connectivity index (χ1v) is 12.8. The number of imidazole rings is 1. The Kier molecular flexibility index (Phi) is 13.0. The Balaban J connectivity index is 1.45. The van der Waals surface area contributed by atoms with Gasteiger partial charge in [0.25, 0.3) is 0 Å². The van der Waals surface area contributed by atoms with Gasteiger partial charge in [0.05, 0.1) is 13.1 Å². The fourth-order valence-corrected chi connectivity index (χ4v) is 4.27.